The van der Waals surface area contributed by atoms with Crippen LogP contribution >= 0.6 is 0 Å². The second-order valence-corrected chi connectivity index (χ2v) is 11.5. The maximum Gasteiger partial charge on any atom is 0.330 e. The maximum atomic E-state index is 13.4. The molecule has 0 spiro atoms. The Kier molecular flexibility index (Phi) is 9.83. The van der Waals surface area contributed by atoms with Crippen LogP contribution in [0.1, 0.15) is 18.1 Å². The highest BCUT2D eigenvalue weighted by atomic mass is 32.2. The molecule has 7 nitrogen and oxygen atoms in total. The lowest BCUT2D eigenvalue weighted by Gasteiger charge is -2.21. The van der Waals surface area contributed by atoms with E-state index in [1.165, 1.54) is 12.3 Å². The Balaban J connectivity index is 1.42. The van der Waals surface area contributed by atoms with Crippen LogP contribution in [0.3, 0.4) is 0 Å². The Hall–Kier alpha value is -4.82. The van der Waals surface area contributed by atoms with Gasteiger partial charge in [-0.1, -0.05) is 36.9 Å². The summed E-state index contributed by atoms with van der Waals surface area (Å²) in [6.45, 7) is 5.96. The molecule has 0 aliphatic rings. The smallest absolute Gasteiger partial charge is 0.330 e. The molecule has 0 radical (unpaired) electrons. The normalized spacial score (nSPS) is 11.2. The molecule has 0 N–H and O–H groups in total. The van der Waals surface area contributed by atoms with Gasteiger partial charge >= 0.3 is 5.97 Å². The van der Waals surface area contributed by atoms with E-state index in [2.05, 4.69) is 6.58 Å². The molecule has 4 aromatic carbocycles. The summed E-state index contributed by atoms with van der Waals surface area (Å²) < 4.78 is 37.1. The highest BCUT2D eigenvalue weighted by Crippen LogP contribution is 2.30. The van der Waals surface area contributed by atoms with Gasteiger partial charge in [-0.25, -0.2) is 13.2 Å². The van der Waals surface area contributed by atoms with E-state index >= 15 is 0 Å². The van der Waals surface area contributed by atoms with E-state index in [0.29, 0.717) is 6.61 Å². The molecular formula is C34H34N2O5S. The van der Waals surface area contributed by atoms with Crippen LogP contribution in [0.2, 0.25) is 0 Å². The van der Waals surface area contributed by atoms with Gasteiger partial charge in [0, 0.05) is 42.9 Å². The van der Waals surface area contributed by atoms with E-state index in [4.69, 9.17) is 9.47 Å². The van der Waals surface area contributed by atoms with Crippen molar-refractivity contribution in [3.63, 3.8) is 0 Å². The molecule has 0 heterocycles. The predicted octanol–water partition coefficient (Wildman–Crippen LogP) is 7.33. The molecule has 8 heteroatoms. The van der Waals surface area contributed by atoms with Crippen molar-refractivity contribution in [1.82, 2.24) is 0 Å². The zero-order valence-electron chi connectivity index (χ0n) is 23.9. The van der Waals surface area contributed by atoms with Gasteiger partial charge in [0.05, 0.1) is 16.1 Å². The molecule has 0 saturated carbocycles. The van der Waals surface area contributed by atoms with Gasteiger partial charge in [-0.15, -0.1) is 0 Å². The van der Waals surface area contributed by atoms with E-state index in [1.807, 2.05) is 72.4 Å². The standard InChI is InChI=1S/C34H34N2O5S/c1-5-7-34(37)41-25-27-10-14-29(15-11-27)36(4)31-18-22-33(23-19-31)42(38,39)32-20-16-30(17-21-32)35(3)28-12-8-26(9-13-28)24-40-6-2/h5-23H,2,24-25H2,1,3-4H3. The quantitative estimate of drug-likeness (QED) is 0.0983. The summed E-state index contributed by atoms with van der Waals surface area (Å²) in [5.74, 6) is -0.380. The van der Waals surface area contributed by atoms with Crippen molar-refractivity contribution in [2.24, 2.45) is 0 Å². The number of nitrogens with zero attached hydrogens (tertiary/aromatic N) is 2. The first-order valence-corrected chi connectivity index (χ1v) is 14.8. The summed E-state index contributed by atoms with van der Waals surface area (Å²) in [6.07, 6.45) is 4.43. The molecule has 0 bridgehead atoms. The van der Waals surface area contributed by atoms with Crippen LogP contribution in [0, 0.1) is 0 Å². The molecule has 0 aromatic heterocycles. The summed E-state index contributed by atoms with van der Waals surface area (Å²) in [5.41, 5.74) is 5.48. The van der Waals surface area contributed by atoms with Crippen molar-refractivity contribution >= 4 is 38.6 Å². The monoisotopic (exact) mass is 582 g/mol. The van der Waals surface area contributed by atoms with Crippen LogP contribution < -0.4 is 9.80 Å². The van der Waals surface area contributed by atoms with Crippen LogP contribution in [0.25, 0.3) is 0 Å². The zero-order valence-corrected chi connectivity index (χ0v) is 24.8. The van der Waals surface area contributed by atoms with Gasteiger partial charge in [-0.3, -0.25) is 0 Å². The minimum Gasteiger partial charge on any atom is -0.497 e. The van der Waals surface area contributed by atoms with Crippen molar-refractivity contribution < 1.29 is 22.7 Å². The van der Waals surface area contributed by atoms with Gasteiger partial charge in [0.2, 0.25) is 9.84 Å². The first-order valence-electron chi connectivity index (χ1n) is 13.4. The van der Waals surface area contributed by atoms with E-state index in [0.717, 1.165) is 33.9 Å². The van der Waals surface area contributed by atoms with E-state index in [9.17, 15) is 13.2 Å². The first kappa shape index (κ1) is 30.1. The summed E-state index contributed by atoms with van der Waals surface area (Å²) in [6, 6.07) is 29.2. The van der Waals surface area contributed by atoms with Gasteiger partial charge in [-0.2, -0.15) is 0 Å². The largest absolute Gasteiger partial charge is 0.497 e. The molecule has 4 rings (SSSR count). The van der Waals surface area contributed by atoms with Gasteiger partial charge < -0.3 is 19.3 Å². The third-order valence-corrected chi connectivity index (χ3v) is 8.55. The number of allylic oxidation sites excluding steroid dienone is 1. The SMILES string of the molecule is C=COCc1ccc(N(C)c2ccc(S(=O)(=O)c3ccc(N(C)c4ccc(COC(=O)C=CC)cc4)cc3)cc2)cc1. The number of esters is 1. The second-order valence-electron chi connectivity index (χ2n) is 9.53. The Labute approximate surface area is 247 Å². The lowest BCUT2D eigenvalue weighted by molar-refractivity contribution is -0.139. The fourth-order valence-corrected chi connectivity index (χ4v) is 5.52. The molecule has 42 heavy (non-hydrogen) atoms. The van der Waals surface area contributed by atoms with E-state index in [1.54, 1.807) is 61.5 Å². The molecule has 4 aromatic rings. The van der Waals surface area contributed by atoms with Gasteiger partial charge in [0.15, 0.2) is 0 Å². The number of ether oxygens (including phenoxy) is 2. The third kappa shape index (κ3) is 7.27. The van der Waals surface area contributed by atoms with Crippen LogP contribution in [0.4, 0.5) is 22.7 Å². The summed E-state index contributed by atoms with van der Waals surface area (Å²) in [7, 11) is 0.141. The highest BCUT2D eigenvalue weighted by Gasteiger charge is 2.18. The lowest BCUT2D eigenvalue weighted by atomic mass is 10.2. The third-order valence-electron chi connectivity index (χ3n) is 6.77. The van der Waals surface area contributed by atoms with Crippen molar-refractivity contribution in [2.75, 3.05) is 23.9 Å². The number of carbonyl (C=O) groups excluding carboxylic acids is 1. The van der Waals surface area contributed by atoms with Crippen molar-refractivity contribution in [2.45, 2.75) is 29.9 Å². The number of hydrogen-bond acceptors (Lipinski definition) is 7. The van der Waals surface area contributed by atoms with Gasteiger partial charge in [0.25, 0.3) is 0 Å². The molecule has 0 fully saturated rings. The van der Waals surface area contributed by atoms with Crippen LogP contribution in [0.5, 0.6) is 0 Å². The molecule has 216 valence electrons. The molecule has 0 saturated heterocycles. The van der Waals surface area contributed by atoms with Gasteiger partial charge in [0.1, 0.15) is 13.2 Å². The topological polar surface area (TPSA) is 76.2 Å². The molecule has 0 aliphatic heterocycles. The lowest BCUT2D eigenvalue weighted by Crippen LogP contribution is -2.11. The number of hydrogen-bond donors (Lipinski definition) is 0. The number of sulfone groups is 1. The molecular weight excluding hydrogens is 548 g/mol. The zero-order chi connectivity index (χ0) is 30.1. The van der Waals surface area contributed by atoms with Crippen LogP contribution in [-0.4, -0.2) is 28.5 Å². The number of anilines is 4. The Morgan fingerprint density at radius 3 is 1.45 bits per heavy atom. The highest BCUT2D eigenvalue weighted by molar-refractivity contribution is 7.91. The van der Waals surface area contributed by atoms with Crippen molar-refractivity contribution in [3.05, 3.63) is 133 Å². The van der Waals surface area contributed by atoms with Crippen molar-refractivity contribution in [3.8, 4) is 0 Å². The van der Waals surface area contributed by atoms with Crippen molar-refractivity contribution in [1.29, 1.82) is 0 Å². The van der Waals surface area contributed by atoms with E-state index < -0.39 is 9.84 Å². The van der Waals surface area contributed by atoms with E-state index in [-0.39, 0.29) is 22.4 Å². The minimum absolute atomic E-state index is 0.191. The Bertz CT molecular complexity index is 1630. The molecule has 0 amide bonds. The molecule has 0 atom stereocenters. The second kappa shape index (κ2) is 13.7. The first-order chi connectivity index (χ1) is 20.2. The minimum atomic E-state index is -3.70. The number of rotatable bonds is 12. The molecule has 0 aliphatic carbocycles. The van der Waals surface area contributed by atoms with Gasteiger partial charge in [-0.05, 0) is 90.8 Å². The average Bonchev–Trinajstić information content (AvgIpc) is 3.03. The molecule has 0 unspecified atom stereocenters. The Morgan fingerprint density at radius 1 is 0.690 bits per heavy atom. The fourth-order valence-electron chi connectivity index (χ4n) is 4.26. The average molecular weight is 583 g/mol. The number of carbonyl (C=O) groups is 1. The summed E-state index contributed by atoms with van der Waals surface area (Å²) >= 11 is 0. The Morgan fingerprint density at radius 2 is 1.07 bits per heavy atom. The maximum absolute atomic E-state index is 13.4. The summed E-state index contributed by atoms with van der Waals surface area (Å²) in [4.78, 5) is 15.9. The van der Waals surface area contributed by atoms with Crippen LogP contribution in [0.15, 0.2) is 132 Å². The van der Waals surface area contributed by atoms with Crippen LogP contribution in [-0.2, 0) is 37.3 Å². The predicted molar refractivity (Wildman–Crippen MR) is 167 cm³/mol. The summed E-state index contributed by atoms with van der Waals surface area (Å²) in [5, 5.41) is 0. The fraction of sp³-hybridized carbons (Fsp3) is 0.147. The number of benzene rings is 4.